The van der Waals surface area contributed by atoms with Gasteiger partial charge in [-0.05, 0) is 37.0 Å². The summed E-state index contributed by atoms with van der Waals surface area (Å²) in [6, 6.07) is 3.88. The van der Waals surface area contributed by atoms with E-state index in [0.29, 0.717) is 11.5 Å². The molecule has 0 spiro atoms. The average Bonchev–Trinajstić information content (AvgIpc) is 3.33. The van der Waals surface area contributed by atoms with Gasteiger partial charge in [0.25, 0.3) is 0 Å². The molecule has 1 aliphatic carbocycles. The number of hydrogen-bond donors (Lipinski definition) is 2. The molecule has 152 valence electrons. The minimum absolute atomic E-state index is 0.0304. The minimum atomic E-state index is 0.0304. The van der Waals surface area contributed by atoms with Crippen molar-refractivity contribution in [2.75, 3.05) is 37.6 Å². The van der Waals surface area contributed by atoms with Gasteiger partial charge in [0.05, 0.1) is 0 Å². The predicted octanol–water partition coefficient (Wildman–Crippen LogP) is 3.47. The summed E-state index contributed by atoms with van der Waals surface area (Å²) >= 11 is 0. The van der Waals surface area contributed by atoms with Crippen molar-refractivity contribution in [3.63, 3.8) is 0 Å². The van der Waals surface area contributed by atoms with Crippen molar-refractivity contribution in [1.29, 1.82) is 0 Å². The number of rotatable bonds is 4. The summed E-state index contributed by atoms with van der Waals surface area (Å²) in [5, 5.41) is 10.4. The molecule has 7 heteroatoms. The maximum absolute atomic E-state index is 10.4. The van der Waals surface area contributed by atoms with Crippen molar-refractivity contribution < 1.29 is 5.11 Å². The molecule has 2 N–H and O–H groups in total. The number of anilines is 1. The number of aliphatic imine (C=N–C) groups is 1. The molecule has 1 saturated carbocycles. The highest BCUT2D eigenvalue weighted by molar-refractivity contribution is 6.20. The van der Waals surface area contributed by atoms with E-state index in [1.807, 2.05) is 18.2 Å². The van der Waals surface area contributed by atoms with Crippen molar-refractivity contribution in [2.45, 2.75) is 32.1 Å². The molecular formula is C22H28N6O. The zero-order valence-corrected chi connectivity index (χ0v) is 16.7. The molecule has 0 bridgehead atoms. The summed E-state index contributed by atoms with van der Waals surface area (Å²) in [4.78, 5) is 21.1. The lowest BCUT2D eigenvalue weighted by atomic mass is 9.89. The Labute approximate surface area is 171 Å². The molecule has 1 saturated heterocycles. The van der Waals surface area contributed by atoms with Gasteiger partial charge in [0.15, 0.2) is 5.82 Å². The van der Waals surface area contributed by atoms with Crippen LogP contribution in [0.25, 0.3) is 11.6 Å². The molecule has 2 aliphatic heterocycles. The lowest BCUT2D eigenvalue weighted by Crippen LogP contribution is -2.48. The highest BCUT2D eigenvalue weighted by Gasteiger charge is 2.24. The van der Waals surface area contributed by atoms with Gasteiger partial charge in [-0.15, -0.1) is 0 Å². The highest BCUT2D eigenvalue weighted by Crippen LogP contribution is 2.32. The molecule has 0 amide bonds. The van der Waals surface area contributed by atoms with E-state index < -0.39 is 0 Å². The number of pyridine rings is 1. The summed E-state index contributed by atoms with van der Waals surface area (Å²) in [5.41, 5.74) is 2.51. The van der Waals surface area contributed by atoms with E-state index in [1.165, 1.54) is 38.6 Å². The second kappa shape index (κ2) is 7.99. The second-order valence-electron chi connectivity index (χ2n) is 8.32. The van der Waals surface area contributed by atoms with Crippen LogP contribution >= 0.6 is 0 Å². The second-order valence-corrected chi connectivity index (χ2v) is 8.32. The third-order valence-corrected chi connectivity index (χ3v) is 6.34. The monoisotopic (exact) mass is 392 g/mol. The Morgan fingerprint density at radius 2 is 1.97 bits per heavy atom. The summed E-state index contributed by atoms with van der Waals surface area (Å²) in [5.74, 6) is 2.37. The molecule has 7 nitrogen and oxygen atoms in total. The average molecular weight is 393 g/mol. The van der Waals surface area contributed by atoms with Gasteiger partial charge in [-0.2, -0.15) is 4.98 Å². The first-order valence-electron chi connectivity index (χ1n) is 10.7. The highest BCUT2D eigenvalue weighted by atomic mass is 16.3. The molecule has 2 fully saturated rings. The molecule has 0 aromatic carbocycles. The molecule has 2 aromatic rings. The number of aromatic hydroxyl groups is 1. The molecule has 5 rings (SSSR count). The van der Waals surface area contributed by atoms with Gasteiger partial charge in [-0.25, -0.2) is 9.98 Å². The number of aromatic amines is 1. The topological polar surface area (TPSA) is 80.6 Å². The predicted molar refractivity (Wildman–Crippen MR) is 116 cm³/mol. The molecule has 0 atom stereocenters. The zero-order valence-electron chi connectivity index (χ0n) is 16.7. The van der Waals surface area contributed by atoms with Crippen molar-refractivity contribution >= 4 is 29.6 Å². The van der Waals surface area contributed by atoms with Crippen LogP contribution < -0.4 is 4.90 Å². The van der Waals surface area contributed by atoms with Gasteiger partial charge in [-0.1, -0.05) is 19.3 Å². The van der Waals surface area contributed by atoms with Gasteiger partial charge in [0, 0.05) is 56.3 Å². The molecule has 4 heterocycles. The summed E-state index contributed by atoms with van der Waals surface area (Å²) in [6.07, 6.45) is 12.4. The van der Waals surface area contributed by atoms with Gasteiger partial charge in [0.2, 0.25) is 11.8 Å². The zero-order chi connectivity index (χ0) is 19.6. The van der Waals surface area contributed by atoms with Crippen molar-refractivity contribution in [1.82, 2.24) is 19.9 Å². The summed E-state index contributed by atoms with van der Waals surface area (Å²) in [7, 11) is 0. The SMILES string of the molecule is Oc1nc(N2CCN(CC3CCCCC3)CC2)[nH]c1C=C1C=Nc2ncccc21. The fourth-order valence-corrected chi connectivity index (χ4v) is 4.69. The van der Waals surface area contributed by atoms with E-state index in [-0.39, 0.29) is 5.88 Å². The Hall–Kier alpha value is -2.67. The normalized spacial score (nSPS) is 21.8. The van der Waals surface area contributed by atoms with Crippen LogP contribution in [0.3, 0.4) is 0 Å². The van der Waals surface area contributed by atoms with Crippen LogP contribution in [0.5, 0.6) is 5.88 Å². The van der Waals surface area contributed by atoms with Crippen molar-refractivity contribution in [2.24, 2.45) is 10.9 Å². The van der Waals surface area contributed by atoms with Gasteiger partial charge >= 0.3 is 0 Å². The Balaban J connectivity index is 1.23. The molecule has 29 heavy (non-hydrogen) atoms. The smallest absolute Gasteiger partial charge is 0.238 e. The third-order valence-electron chi connectivity index (χ3n) is 6.34. The van der Waals surface area contributed by atoms with Gasteiger partial charge < -0.3 is 15.0 Å². The van der Waals surface area contributed by atoms with E-state index in [1.54, 1.807) is 12.4 Å². The standard InChI is InChI=1S/C22H28N6O/c29-21-19(13-17-14-24-20-18(17)7-4-8-23-20)25-22(26-21)28-11-9-27(10-12-28)15-16-5-2-1-3-6-16/h4,7-8,13-14,16,29H,1-3,5-6,9-12,15H2,(H,25,26). The third kappa shape index (κ3) is 3.92. The lowest BCUT2D eigenvalue weighted by Gasteiger charge is -2.37. The van der Waals surface area contributed by atoms with Crippen LogP contribution in [0.2, 0.25) is 0 Å². The van der Waals surface area contributed by atoms with E-state index in [0.717, 1.165) is 49.2 Å². The van der Waals surface area contributed by atoms with Crippen LogP contribution in [0, 0.1) is 5.92 Å². The van der Waals surface area contributed by atoms with E-state index >= 15 is 0 Å². The number of nitrogens with zero attached hydrogens (tertiary/aromatic N) is 5. The van der Waals surface area contributed by atoms with Crippen LogP contribution in [0.15, 0.2) is 23.3 Å². The Kier molecular flexibility index (Phi) is 5.06. The van der Waals surface area contributed by atoms with Crippen LogP contribution in [-0.4, -0.2) is 63.9 Å². The van der Waals surface area contributed by atoms with Crippen LogP contribution in [-0.2, 0) is 0 Å². The molecule has 0 unspecified atom stereocenters. The quantitative estimate of drug-likeness (QED) is 0.833. The van der Waals surface area contributed by atoms with E-state index in [9.17, 15) is 5.11 Å². The number of fused-ring (bicyclic) bond motifs is 1. The number of imidazole rings is 1. The Morgan fingerprint density at radius 3 is 2.79 bits per heavy atom. The number of piperazine rings is 1. The number of aromatic nitrogens is 3. The molecule has 3 aliphatic rings. The first kappa shape index (κ1) is 18.4. The lowest BCUT2D eigenvalue weighted by molar-refractivity contribution is 0.191. The van der Waals surface area contributed by atoms with Crippen LogP contribution in [0.4, 0.5) is 11.8 Å². The minimum Gasteiger partial charge on any atom is -0.492 e. The Morgan fingerprint density at radius 1 is 1.14 bits per heavy atom. The summed E-state index contributed by atoms with van der Waals surface area (Å²) < 4.78 is 0. The van der Waals surface area contributed by atoms with Crippen molar-refractivity contribution in [3.8, 4) is 5.88 Å². The maximum Gasteiger partial charge on any atom is 0.238 e. The number of H-pyrrole nitrogens is 1. The van der Waals surface area contributed by atoms with Crippen LogP contribution in [0.1, 0.15) is 43.4 Å². The van der Waals surface area contributed by atoms with Gasteiger partial charge in [0.1, 0.15) is 5.69 Å². The molecule has 0 radical (unpaired) electrons. The Bertz CT molecular complexity index is 919. The number of hydrogen-bond acceptors (Lipinski definition) is 6. The molecule has 2 aromatic heterocycles. The van der Waals surface area contributed by atoms with E-state index in [2.05, 4.69) is 29.7 Å². The summed E-state index contributed by atoms with van der Waals surface area (Å²) in [6.45, 7) is 5.22. The number of allylic oxidation sites excluding steroid dienone is 1. The van der Waals surface area contributed by atoms with Gasteiger partial charge in [-0.3, -0.25) is 4.90 Å². The fraction of sp³-hybridized carbons (Fsp3) is 0.500. The largest absolute Gasteiger partial charge is 0.492 e. The fourth-order valence-electron chi connectivity index (χ4n) is 4.69. The first-order chi connectivity index (χ1) is 14.3. The maximum atomic E-state index is 10.4. The molecular weight excluding hydrogens is 364 g/mol. The first-order valence-corrected chi connectivity index (χ1v) is 10.7. The van der Waals surface area contributed by atoms with Crippen molar-refractivity contribution in [3.05, 3.63) is 29.6 Å². The van der Waals surface area contributed by atoms with E-state index in [4.69, 9.17) is 0 Å². The number of nitrogens with one attached hydrogen (secondary N) is 1.